The van der Waals surface area contributed by atoms with E-state index in [1.807, 2.05) is 19.1 Å². The summed E-state index contributed by atoms with van der Waals surface area (Å²) in [7, 11) is 0. The maximum atomic E-state index is 13.0. The van der Waals surface area contributed by atoms with E-state index in [-0.39, 0.29) is 5.56 Å². The van der Waals surface area contributed by atoms with Crippen LogP contribution in [0.3, 0.4) is 0 Å². The van der Waals surface area contributed by atoms with Gasteiger partial charge in [-0.05, 0) is 87.9 Å². The van der Waals surface area contributed by atoms with Gasteiger partial charge in [-0.3, -0.25) is 4.79 Å². The predicted octanol–water partition coefficient (Wildman–Crippen LogP) is 5.30. The summed E-state index contributed by atoms with van der Waals surface area (Å²) in [5.41, 5.74) is 7.21. The topological polar surface area (TPSA) is 51.4 Å². The van der Waals surface area contributed by atoms with E-state index < -0.39 is 0 Å². The van der Waals surface area contributed by atoms with E-state index in [2.05, 4.69) is 79.0 Å². The molecule has 176 valence electrons. The van der Waals surface area contributed by atoms with Crippen LogP contribution in [0.25, 0.3) is 10.9 Å². The number of hydrogen-bond donors (Lipinski definition) is 2. The third-order valence-corrected chi connectivity index (χ3v) is 6.60. The number of aromatic amines is 1. The second kappa shape index (κ2) is 10.9. The Morgan fingerprint density at radius 2 is 1.64 bits per heavy atom. The average molecular weight is 465 g/mol. The molecule has 5 nitrogen and oxygen atoms in total. The first-order chi connectivity index (χ1) is 15.7. The van der Waals surface area contributed by atoms with Gasteiger partial charge in [0.2, 0.25) is 0 Å². The van der Waals surface area contributed by atoms with Crippen molar-refractivity contribution in [2.75, 3.05) is 31.5 Å². The minimum atomic E-state index is -0.0605. The largest absolute Gasteiger partial charge is 0.343 e. The molecule has 1 heterocycles. The van der Waals surface area contributed by atoms with Gasteiger partial charge < -0.3 is 20.1 Å². The molecule has 0 saturated carbocycles. The molecule has 0 bridgehead atoms. The SMILES string of the molecule is CCN(CC)CCN(Cc1cc2c(C)cc(C)cc2[nH]c1=O)C(=S)Nc1ccc(C)cc1C. The van der Waals surface area contributed by atoms with E-state index >= 15 is 0 Å². The first-order valence-corrected chi connectivity index (χ1v) is 12.1. The molecule has 6 heteroatoms. The first kappa shape index (κ1) is 24.9. The summed E-state index contributed by atoms with van der Waals surface area (Å²) >= 11 is 5.84. The molecule has 0 aliphatic rings. The molecule has 0 saturated heterocycles. The monoisotopic (exact) mass is 464 g/mol. The zero-order valence-corrected chi connectivity index (χ0v) is 21.5. The Hall–Kier alpha value is -2.70. The van der Waals surface area contributed by atoms with Gasteiger partial charge in [0.15, 0.2) is 5.11 Å². The minimum Gasteiger partial charge on any atom is -0.343 e. The van der Waals surface area contributed by atoms with E-state index in [1.54, 1.807) is 0 Å². The van der Waals surface area contributed by atoms with Crippen LogP contribution in [-0.4, -0.2) is 46.1 Å². The fourth-order valence-corrected chi connectivity index (χ4v) is 4.51. The van der Waals surface area contributed by atoms with Crippen molar-refractivity contribution in [1.29, 1.82) is 0 Å². The van der Waals surface area contributed by atoms with Crippen LogP contribution in [0.1, 0.15) is 41.7 Å². The molecular formula is C27H36N4OS. The Morgan fingerprint density at radius 1 is 0.939 bits per heavy atom. The van der Waals surface area contributed by atoms with Gasteiger partial charge in [0.05, 0.1) is 6.54 Å². The van der Waals surface area contributed by atoms with Crippen LogP contribution in [-0.2, 0) is 6.54 Å². The maximum absolute atomic E-state index is 13.0. The van der Waals surface area contributed by atoms with Gasteiger partial charge in [0, 0.05) is 35.2 Å². The van der Waals surface area contributed by atoms with Crippen LogP contribution in [0.5, 0.6) is 0 Å². The third kappa shape index (κ3) is 6.21. The molecule has 0 spiro atoms. The maximum Gasteiger partial charge on any atom is 0.253 e. The number of aromatic nitrogens is 1. The number of likely N-dealkylation sites (N-methyl/N-ethyl adjacent to an activating group) is 1. The summed E-state index contributed by atoms with van der Waals surface area (Å²) in [6.07, 6.45) is 0. The van der Waals surface area contributed by atoms with Crippen molar-refractivity contribution in [3.8, 4) is 0 Å². The Morgan fingerprint density at radius 3 is 2.30 bits per heavy atom. The second-order valence-corrected chi connectivity index (χ2v) is 9.25. The summed E-state index contributed by atoms with van der Waals surface area (Å²) in [6.45, 7) is 16.7. The van der Waals surface area contributed by atoms with Gasteiger partial charge in [-0.2, -0.15) is 0 Å². The molecular weight excluding hydrogens is 428 g/mol. The lowest BCUT2D eigenvalue weighted by molar-refractivity contribution is 0.266. The Balaban J connectivity index is 1.91. The highest BCUT2D eigenvalue weighted by Crippen LogP contribution is 2.20. The number of hydrogen-bond acceptors (Lipinski definition) is 3. The van der Waals surface area contributed by atoms with Crippen LogP contribution in [0.15, 0.2) is 41.2 Å². The summed E-state index contributed by atoms with van der Waals surface area (Å²) in [6, 6.07) is 12.5. The predicted molar refractivity (Wildman–Crippen MR) is 144 cm³/mol. The van der Waals surface area contributed by atoms with E-state index in [0.29, 0.717) is 11.7 Å². The van der Waals surface area contributed by atoms with Crippen molar-refractivity contribution in [2.24, 2.45) is 0 Å². The van der Waals surface area contributed by atoms with Crippen LogP contribution in [0.4, 0.5) is 5.69 Å². The third-order valence-electron chi connectivity index (χ3n) is 6.24. The molecule has 33 heavy (non-hydrogen) atoms. The van der Waals surface area contributed by atoms with Gasteiger partial charge in [-0.1, -0.05) is 37.6 Å². The van der Waals surface area contributed by atoms with Crippen molar-refractivity contribution in [3.63, 3.8) is 0 Å². The summed E-state index contributed by atoms with van der Waals surface area (Å²) < 4.78 is 0. The number of pyridine rings is 1. The van der Waals surface area contributed by atoms with Gasteiger partial charge in [0.25, 0.3) is 5.56 Å². The number of rotatable bonds is 8. The quantitative estimate of drug-likeness (QED) is 0.443. The fourth-order valence-electron chi connectivity index (χ4n) is 4.24. The minimum absolute atomic E-state index is 0.0605. The molecule has 0 fully saturated rings. The number of nitrogens with zero attached hydrogens (tertiary/aromatic N) is 2. The van der Waals surface area contributed by atoms with Gasteiger partial charge in [-0.15, -0.1) is 0 Å². The molecule has 0 amide bonds. The standard InChI is InChI=1S/C27H36N4OS/c1-7-30(8-2)11-12-31(27(33)29-24-10-9-18(3)13-21(24)6)17-22-16-23-20(5)14-19(4)15-25(23)28-26(22)32/h9-10,13-16H,7-8,11-12,17H2,1-6H3,(H,28,32)(H,29,33). The van der Waals surface area contributed by atoms with Crippen LogP contribution in [0, 0.1) is 27.7 Å². The lowest BCUT2D eigenvalue weighted by atomic mass is 10.0. The van der Waals surface area contributed by atoms with Gasteiger partial charge >= 0.3 is 0 Å². The number of H-pyrrole nitrogens is 1. The molecule has 2 N–H and O–H groups in total. The van der Waals surface area contributed by atoms with Crippen molar-refractivity contribution in [2.45, 2.75) is 48.1 Å². The summed E-state index contributed by atoms with van der Waals surface area (Å²) in [4.78, 5) is 20.5. The number of fused-ring (bicyclic) bond motifs is 1. The smallest absolute Gasteiger partial charge is 0.253 e. The van der Waals surface area contributed by atoms with Crippen molar-refractivity contribution in [1.82, 2.24) is 14.8 Å². The summed E-state index contributed by atoms with van der Waals surface area (Å²) in [5, 5.41) is 5.13. The highest BCUT2D eigenvalue weighted by atomic mass is 32.1. The van der Waals surface area contributed by atoms with E-state index in [1.165, 1.54) is 5.56 Å². The van der Waals surface area contributed by atoms with Crippen LogP contribution >= 0.6 is 12.2 Å². The zero-order valence-electron chi connectivity index (χ0n) is 20.7. The van der Waals surface area contributed by atoms with Crippen LogP contribution in [0.2, 0.25) is 0 Å². The number of benzene rings is 2. The molecule has 3 aromatic rings. The zero-order chi connectivity index (χ0) is 24.1. The Bertz CT molecular complexity index is 1200. The highest BCUT2D eigenvalue weighted by molar-refractivity contribution is 7.80. The molecule has 0 unspecified atom stereocenters. The molecule has 0 atom stereocenters. The molecule has 3 rings (SSSR count). The first-order valence-electron chi connectivity index (χ1n) is 11.7. The van der Waals surface area contributed by atoms with Crippen molar-refractivity contribution < 1.29 is 0 Å². The second-order valence-electron chi connectivity index (χ2n) is 8.86. The lowest BCUT2D eigenvalue weighted by Crippen LogP contribution is -2.41. The molecule has 1 aromatic heterocycles. The molecule has 2 aromatic carbocycles. The summed E-state index contributed by atoms with van der Waals surface area (Å²) in [5.74, 6) is 0. The normalized spacial score (nSPS) is 11.2. The van der Waals surface area contributed by atoms with Crippen molar-refractivity contribution in [3.05, 3.63) is 74.6 Å². The Labute approximate surface area is 202 Å². The average Bonchev–Trinajstić information content (AvgIpc) is 2.76. The fraction of sp³-hybridized carbons (Fsp3) is 0.407. The van der Waals surface area contributed by atoms with E-state index in [4.69, 9.17) is 12.2 Å². The molecule has 0 aliphatic carbocycles. The lowest BCUT2D eigenvalue weighted by Gasteiger charge is -2.29. The number of nitrogens with one attached hydrogen (secondary N) is 2. The number of aryl methyl sites for hydroxylation is 4. The van der Waals surface area contributed by atoms with Gasteiger partial charge in [-0.25, -0.2) is 0 Å². The Kier molecular flexibility index (Phi) is 8.27. The number of thiocarbonyl (C=S) groups is 1. The van der Waals surface area contributed by atoms with Gasteiger partial charge in [0.1, 0.15) is 0 Å². The van der Waals surface area contributed by atoms with E-state index in [9.17, 15) is 4.79 Å². The van der Waals surface area contributed by atoms with Crippen molar-refractivity contribution >= 4 is 33.9 Å². The highest BCUT2D eigenvalue weighted by Gasteiger charge is 2.16. The molecule has 0 aliphatic heterocycles. The van der Waals surface area contributed by atoms with Crippen LogP contribution < -0.4 is 10.9 Å². The molecule has 0 radical (unpaired) electrons. The van der Waals surface area contributed by atoms with E-state index in [0.717, 1.165) is 65.0 Å². The number of anilines is 1.